The van der Waals surface area contributed by atoms with Crippen molar-refractivity contribution in [2.75, 3.05) is 4.90 Å². The van der Waals surface area contributed by atoms with Crippen molar-refractivity contribution in [1.29, 1.82) is 0 Å². The minimum Gasteiger partial charge on any atom is -0.508 e. The number of aromatic hydroxyl groups is 1. The molecule has 1 fully saturated rings. The number of amides is 4. The highest BCUT2D eigenvalue weighted by Gasteiger charge is 2.36. The first-order valence-electron chi connectivity index (χ1n) is 9.59. The maximum Gasteiger partial charge on any atom is 0.335 e. The van der Waals surface area contributed by atoms with Gasteiger partial charge >= 0.3 is 6.03 Å². The Hall–Kier alpha value is -4.10. The predicted octanol–water partition coefficient (Wildman–Crippen LogP) is 4.29. The average molecular weight is 449 g/mol. The lowest BCUT2D eigenvalue weighted by molar-refractivity contribution is -0.122. The number of para-hydroxylation sites is 1. The lowest BCUT2D eigenvalue weighted by Gasteiger charge is -2.26. The number of phenolic OH excluding ortho intramolecular Hbond substituents is 1. The van der Waals surface area contributed by atoms with Crippen molar-refractivity contribution in [1.82, 2.24) is 5.32 Å². The lowest BCUT2D eigenvalue weighted by atomic mass is 10.1. The molecular formula is C24H17ClN2O5. The van der Waals surface area contributed by atoms with Crippen LogP contribution in [0.3, 0.4) is 0 Å². The summed E-state index contributed by atoms with van der Waals surface area (Å²) in [4.78, 5) is 38.6. The fourth-order valence-electron chi connectivity index (χ4n) is 3.17. The van der Waals surface area contributed by atoms with Crippen LogP contribution in [0.2, 0.25) is 5.02 Å². The summed E-state index contributed by atoms with van der Waals surface area (Å²) in [5.41, 5.74) is 1.34. The number of nitrogens with one attached hydrogen (secondary N) is 1. The second-order valence-electron chi connectivity index (χ2n) is 6.93. The molecule has 1 aliphatic heterocycles. The van der Waals surface area contributed by atoms with Crippen LogP contribution in [-0.2, 0) is 16.2 Å². The fraction of sp³-hybridized carbons (Fsp3) is 0.0417. The molecule has 1 aliphatic rings. The number of phenols is 1. The molecule has 2 N–H and O–H groups in total. The summed E-state index contributed by atoms with van der Waals surface area (Å²) in [6.45, 7) is 0.235. The molecule has 0 aliphatic carbocycles. The Morgan fingerprint density at radius 1 is 0.969 bits per heavy atom. The second-order valence-corrected chi connectivity index (χ2v) is 7.37. The first-order valence-corrected chi connectivity index (χ1v) is 9.97. The van der Waals surface area contributed by atoms with Gasteiger partial charge in [-0.1, -0.05) is 41.9 Å². The molecule has 0 spiro atoms. The van der Waals surface area contributed by atoms with Gasteiger partial charge in [0, 0.05) is 10.6 Å². The molecule has 32 heavy (non-hydrogen) atoms. The molecule has 1 heterocycles. The Morgan fingerprint density at radius 3 is 2.47 bits per heavy atom. The van der Waals surface area contributed by atoms with Crippen LogP contribution in [-0.4, -0.2) is 23.0 Å². The zero-order valence-electron chi connectivity index (χ0n) is 16.6. The second kappa shape index (κ2) is 8.95. The Bertz CT molecular complexity index is 1240. The van der Waals surface area contributed by atoms with Gasteiger partial charge in [0.15, 0.2) is 0 Å². The highest BCUT2D eigenvalue weighted by Crippen LogP contribution is 2.27. The molecule has 160 valence electrons. The first-order chi connectivity index (χ1) is 15.4. The van der Waals surface area contributed by atoms with Crippen molar-refractivity contribution in [2.24, 2.45) is 0 Å². The molecule has 0 saturated carbocycles. The number of anilines is 1. The van der Waals surface area contributed by atoms with E-state index in [2.05, 4.69) is 5.32 Å². The summed E-state index contributed by atoms with van der Waals surface area (Å²) in [6.07, 6.45) is 1.38. The summed E-state index contributed by atoms with van der Waals surface area (Å²) >= 11 is 6.01. The van der Waals surface area contributed by atoms with E-state index in [-0.39, 0.29) is 23.6 Å². The molecule has 3 aromatic rings. The zero-order valence-corrected chi connectivity index (χ0v) is 17.4. The zero-order chi connectivity index (χ0) is 22.7. The van der Waals surface area contributed by atoms with Crippen LogP contribution in [0, 0.1) is 0 Å². The van der Waals surface area contributed by atoms with E-state index in [0.29, 0.717) is 16.3 Å². The summed E-state index contributed by atoms with van der Waals surface area (Å²) in [7, 11) is 0. The van der Waals surface area contributed by atoms with Gasteiger partial charge in [0.2, 0.25) is 0 Å². The number of nitrogens with zero attached hydrogens (tertiary/aromatic N) is 1. The SMILES string of the molecule is O=C1NC(=O)N(c2ccc(O)cc2)C(=O)/C1=C/c1ccccc1OCc1cccc(Cl)c1. The molecule has 0 bridgehead atoms. The third kappa shape index (κ3) is 4.48. The highest BCUT2D eigenvalue weighted by molar-refractivity contribution is 6.39. The van der Waals surface area contributed by atoms with Crippen LogP contribution in [0.1, 0.15) is 11.1 Å². The van der Waals surface area contributed by atoms with Crippen LogP contribution in [0.4, 0.5) is 10.5 Å². The van der Waals surface area contributed by atoms with Crippen molar-refractivity contribution < 1.29 is 24.2 Å². The van der Waals surface area contributed by atoms with Crippen molar-refractivity contribution >= 4 is 41.2 Å². The molecule has 4 rings (SSSR count). The quantitative estimate of drug-likeness (QED) is 0.448. The number of rotatable bonds is 5. The van der Waals surface area contributed by atoms with Crippen LogP contribution in [0.25, 0.3) is 6.08 Å². The number of imide groups is 2. The van der Waals surface area contributed by atoms with E-state index < -0.39 is 17.8 Å². The van der Waals surface area contributed by atoms with E-state index in [0.717, 1.165) is 10.5 Å². The van der Waals surface area contributed by atoms with Crippen molar-refractivity contribution in [2.45, 2.75) is 6.61 Å². The fourth-order valence-corrected chi connectivity index (χ4v) is 3.38. The summed E-state index contributed by atoms with van der Waals surface area (Å²) in [5.74, 6) is -1.15. The van der Waals surface area contributed by atoms with E-state index in [9.17, 15) is 19.5 Å². The average Bonchev–Trinajstić information content (AvgIpc) is 2.77. The monoisotopic (exact) mass is 448 g/mol. The van der Waals surface area contributed by atoms with Gasteiger partial charge in [-0.05, 0) is 54.1 Å². The van der Waals surface area contributed by atoms with E-state index in [1.165, 1.54) is 30.3 Å². The molecule has 0 unspecified atom stereocenters. The van der Waals surface area contributed by atoms with E-state index in [4.69, 9.17) is 16.3 Å². The van der Waals surface area contributed by atoms with Gasteiger partial charge in [0.25, 0.3) is 11.8 Å². The lowest BCUT2D eigenvalue weighted by Crippen LogP contribution is -2.54. The molecule has 7 nitrogen and oxygen atoms in total. The van der Waals surface area contributed by atoms with Crippen LogP contribution in [0.5, 0.6) is 11.5 Å². The number of halogens is 1. The minimum atomic E-state index is -0.867. The maximum atomic E-state index is 13.0. The molecule has 3 aromatic carbocycles. The van der Waals surface area contributed by atoms with Crippen molar-refractivity contribution in [3.63, 3.8) is 0 Å². The standard InChI is InChI=1S/C24H17ClN2O5/c25-17-6-3-4-15(12-17)14-32-21-7-2-1-5-16(21)13-20-22(29)26-24(31)27(23(20)30)18-8-10-19(28)11-9-18/h1-13,28H,14H2,(H,26,29,31)/b20-13+. The normalized spacial score (nSPS) is 15.1. The van der Waals surface area contributed by atoms with Crippen LogP contribution in [0.15, 0.2) is 78.4 Å². The molecule has 0 aromatic heterocycles. The molecule has 0 radical (unpaired) electrons. The number of carbonyl (C=O) groups excluding carboxylic acids is 3. The predicted molar refractivity (Wildman–Crippen MR) is 119 cm³/mol. The van der Waals surface area contributed by atoms with E-state index >= 15 is 0 Å². The number of hydrogen-bond donors (Lipinski definition) is 2. The minimum absolute atomic E-state index is 0.0174. The number of benzene rings is 3. The summed E-state index contributed by atoms with van der Waals surface area (Å²) in [5, 5.41) is 12.2. The Kier molecular flexibility index (Phi) is 5.91. The van der Waals surface area contributed by atoms with E-state index in [1.807, 2.05) is 12.1 Å². The number of urea groups is 1. The number of hydrogen-bond acceptors (Lipinski definition) is 5. The first kappa shape index (κ1) is 21.1. The van der Waals surface area contributed by atoms with Crippen LogP contribution >= 0.6 is 11.6 Å². The Balaban J connectivity index is 1.63. The highest BCUT2D eigenvalue weighted by atomic mass is 35.5. The molecule has 4 amide bonds. The third-order valence-corrected chi connectivity index (χ3v) is 4.95. The van der Waals surface area contributed by atoms with Crippen molar-refractivity contribution in [3.8, 4) is 11.5 Å². The molecule has 1 saturated heterocycles. The number of barbiturate groups is 1. The summed E-state index contributed by atoms with van der Waals surface area (Å²) < 4.78 is 5.88. The third-order valence-electron chi connectivity index (χ3n) is 4.71. The van der Waals surface area contributed by atoms with Crippen molar-refractivity contribution in [3.05, 3.63) is 94.5 Å². The number of carbonyl (C=O) groups is 3. The number of ether oxygens (including phenoxy) is 1. The largest absolute Gasteiger partial charge is 0.508 e. The van der Waals surface area contributed by atoms with Gasteiger partial charge < -0.3 is 9.84 Å². The molecule has 0 atom stereocenters. The van der Waals surface area contributed by atoms with Gasteiger partial charge in [-0.3, -0.25) is 14.9 Å². The van der Waals surface area contributed by atoms with Gasteiger partial charge in [0.1, 0.15) is 23.7 Å². The van der Waals surface area contributed by atoms with Gasteiger partial charge in [-0.2, -0.15) is 0 Å². The van der Waals surface area contributed by atoms with Crippen LogP contribution < -0.4 is 15.0 Å². The van der Waals surface area contributed by atoms with Gasteiger partial charge in [-0.25, -0.2) is 9.69 Å². The van der Waals surface area contributed by atoms with Gasteiger partial charge in [-0.15, -0.1) is 0 Å². The maximum absolute atomic E-state index is 13.0. The molecule has 8 heteroatoms. The topological polar surface area (TPSA) is 95.9 Å². The Morgan fingerprint density at radius 2 is 1.72 bits per heavy atom. The summed E-state index contributed by atoms with van der Waals surface area (Å²) in [6, 6.07) is 18.8. The Labute approximate surface area is 188 Å². The van der Waals surface area contributed by atoms with Gasteiger partial charge in [0.05, 0.1) is 5.69 Å². The van der Waals surface area contributed by atoms with E-state index in [1.54, 1.807) is 36.4 Å². The smallest absolute Gasteiger partial charge is 0.335 e. The molecular weight excluding hydrogens is 432 g/mol.